The third-order valence-corrected chi connectivity index (χ3v) is 4.82. The molecule has 4 aromatic carbocycles. The molecule has 27 heavy (non-hydrogen) atoms. The van der Waals surface area contributed by atoms with E-state index in [0.29, 0.717) is 12.4 Å². The van der Waals surface area contributed by atoms with Crippen molar-refractivity contribution in [3.63, 3.8) is 0 Å². The molecule has 3 heteroatoms. The minimum absolute atomic E-state index is 0.395. The molecule has 0 aromatic heterocycles. The summed E-state index contributed by atoms with van der Waals surface area (Å²) in [5.74, 6) is 0.531. The lowest BCUT2D eigenvalue weighted by Gasteiger charge is -2.10. The van der Waals surface area contributed by atoms with Crippen LogP contribution in [0.25, 0.3) is 32.3 Å². The van der Waals surface area contributed by atoms with Gasteiger partial charge in [-0.25, -0.2) is 4.79 Å². The maximum atomic E-state index is 12.0. The SMILES string of the molecule is CCCCCOC(=O)Oc1cccc2cc3cc4ccccc4cc3cc12. The third kappa shape index (κ3) is 3.72. The summed E-state index contributed by atoms with van der Waals surface area (Å²) in [6.45, 7) is 2.51. The Morgan fingerprint density at radius 3 is 2.19 bits per heavy atom. The molecule has 0 aliphatic heterocycles. The number of hydrogen-bond acceptors (Lipinski definition) is 3. The molecule has 0 unspecified atom stereocenters. The highest BCUT2D eigenvalue weighted by atomic mass is 16.7. The maximum Gasteiger partial charge on any atom is 0.513 e. The number of rotatable bonds is 5. The van der Waals surface area contributed by atoms with Gasteiger partial charge in [-0.1, -0.05) is 56.2 Å². The van der Waals surface area contributed by atoms with E-state index in [4.69, 9.17) is 9.47 Å². The van der Waals surface area contributed by atoms with Gasteiger partial charge in [-0.05, 0) is 63.7 Å². The van der Waals surface area contributed by atoms with Crippen molar-refractivity contribution in [1.82, 2.24) is 0 Å². The van der Waals surface area contributed by atoms with E-state index in [2.05, 4.69) is 43.3 Å². The normalized spacial score (nSPS) is 11.1. The predicted octanol–water partition coefficient (Wildman–Crippen LogP) is 6.85. The predicted molar refractivity (Wildman–Crippen MR) is 110 cm³/mol. The van der Waals surface area contributed by atoms with Crippen molar-refractivity contribution in [2.75, 3.05) is 6.61 Å². The third-order valence-electron chi connectivity index (χ3n) is 4.82. The molecule has 4 rings (SSSR count). The van der Waals surface area contributed by atoms with Gasteiger partial charge in [0, 0.05) is 5.39 Å². The maximum absolute atomic E-state index is 12.0. The van der Waals surface area contributed by atoms with Crippen LogP contribution in [0.15, 0.2) is 66.7 Å². The summed E-state index contributed by atoms with van der Waals surface area (Å²) in [6, 6.07) is 22.6. The summed E-state index contributed by atoms with van der Waals surface area (Å²) in [4.78, 5) is 12.0. The fraction of sp³-hybridized carbons (Fsp3) is 0.208. The lowest BCUT2D eigenvalue weighted by Crippen LogP contribution is -2.11. The Labute approximate surface area is 158 Å². The number of ether oxygens (including phenoxy) is 2. The van der Waals surface area contributed by atoms with Crippen molar-refractivity contribution in [2.24, 2.45) is 0 Å². The summed E-state index contributed by atoms with van der Waals surface area (Å²) in [6.07, 6.45) is 2.35. The molecule has 0 N–H and O–H groups in total. The second-order valence-electron chi connectivity index (χ2n) is 6.78. The van der Waals surface area contributed by atoms with Crippen LogP contribution in [0.5, 0.6) is 5.75 Å². The van der Waals surface area contributed by atoms with Crippen molar-refractivity contribution >= 4 is 38.5 Å². The number of carbonyl (C=O) groups is 1. The molecule has 0 radical (unpaired) electrons. The second-order valence-corrected chi connectivity index (χ2v) is 6.78. The van der Waals surface area contributed by atoms with Gasteiger partial charge >= 0.3 is 6.16 Å². The fourth-order valence-electron chi connectivity index (χ4n) is 3.41. The summed E-state index contributed by atoms with van der Waals surface area (Å²) >= 11 is 0. The first-order chi connectivity index (χ1) is 13.2. The Hall–Kier alpha value is -3.07. The van der Waals surface area contributed by atoms with E-state index < -0.39 is 6.16 Å². The van der Waals surface area contributed by atoms with E-state index >= 15 is 0 Å². The molecule has 0 atom stereocenters. The van der Waals surface area contributed by atoms with Crippen LogP contribution in [0.3, 0.4) is 0 Å². The van der Waals surface area contributed by atoms with Gasteiger partial charge in [0.25, 0.3) is 0 Å². The zero-order valence-electron chi connectivity index (χ0n) is 15.4. The van der Waals surface area contributed by atoms with Crippen molar-refractivity contribution in [2.45, 2.75) is 26.2 Å². The Morgan fingerprint density at radius 2 is 1.44 bits per heavy atom. The molecule has 0 saturated carbocycles. The van der Waals surface area contributed by atoms with E-state index in [1.807, 2.05) is 30.3 Å². The molecule has 4 aromatic rings. The number of carbonyl (C=O) groups excluding carboxylic acids is 1. The number of hydrogen-bond donors (Lipinski definition) is 0. The minimum Gasteiger partial charge on any atom is -0.434 e. The van der Waals surface area contributed by atoms with Gasteiger partial charge in [0.15, 0.2) is 0 Å². The Bertz CT molecular complexity index is 1110. The molecule has 0 spiro atoms. The number of benzene rings is 4. The standard InChI is InChI=1S/C24H22O3/c1-2-3-6-12-26-24(25)27-23-11-7-10-19-15-20-13-17-8-4-5-9-18(17)14-21(20)16-22(19)23/h4-5,7-11,13-16H,2-3,6,12H2,1H3. The fourth-order valence-corrected chi connectivity index (χ4v) is 3.41. The molecule has 0 aliphatic rings. The molecule has 3 nitrogen and oxygen atoms in total. The molecule has 0 aliphatic carbocycles. The molecule has 0 heterocycles. The monoisotopic (exact) mass is 358 g/mol. The van der Waals surface area contributed by atoms with Crippen molar-refractivity contribution < 1.29 is 14.3 Å². The van der Waals surface area contributed by atoms with E-state index in [1.54, 1.807) is 0 Å². The Kier molecular flexibility index (Phi) is 4.93. The molecular weight excluding hydrogens is 336 g/mol. The van der Waals surface area contributed by atoms with E-state index in [-0.39, 0.29) is 0 Å². The first kappa shape index (κ1) is 17.3. The van der Waals surface area contributed by atoms with Gasteiger partial charge in [0.1, 0.15) is 5.75 Å². The summed E-state index contributed by atoms with van der Waals surface area (Å²) in [7, 11) is 0. The van der Waals surface area contributed by atoms with Gasteiger partial charge in [0.2, 0.25) is 0 Å². The van der Waals surface area contributed by atoms with E-state index in [9.17, 15) is 4.79 Å². The minimum atomic E-state index is -0.641. The second kappa shape index (κ2) is 7.67. The topological polar surface area (TPSA) is 35.5 Å². The van der Waals surface area contributed by atoms with Crippen molar-refractivity contribution in [3.8, 4) is 5.75 Å². The molecular formula is C24H22O3. The number of unbranched alkanes of at least 4 members (excludes halogenated alkanes) is 2. The molecule has 0 bridgehead atoms. The van der Waals surface area contributed by atoms with Crippen LogP contribution in [0.4, 0.5) is 4.79 Å². The summed E-state index contributed by atoms with van der Waals surface area (Å²) in [5, 5.41) is 6.64. The highest BCUT2D eigenvalue weighted by molar-refractivity contribution is 6.06. The van der Waals surface area contributed by atoms with E-state index in [1.165, 1.54) is 16.2 Å². The van der Waals surface area contributed by atoms with Gasteiger partial charge in [-0.15, -0.1) is 0 Å². The summed E-state index contributed by atoms with van der Waals surface area (Å²) < 4.78 is 10.7. The lowest BCUT2D eigenvalue weighted by atomic mass is 9.99. The number of fused-ring (bicyclic) bond motifs is 3. The lowest BCUT2D eigenvalue weighted by molar-refractivity contribution is 0.0979. The zero-order valence-corrected chi connectivity index (χ0v) is 15.4. The smallest absolute Gasteiger partial charge is 0.434 e. The molecule has 136 valence electrons. The van der Waals surface area contributed by atoms with Crippen LogP contribution in [-0.2, 0) is 4.74 Å². The van der Waals surface area contributed by atoms with Gasteiger partial charge < -0.3 is 9.47 Å². The Balaban J connectivity index is 1.68. The van der Waals surface area contributed by atoms with Crippen LogP contribution in [0.2, 0.25) is 0 Å². The van der Waals surface area contributed by atoms with Crippen LogP contribution < -0.4 is 4.74 Å². The highest BCUT2D eigenvalue weighted by Crippen LogP contribution is 2.32. The van der Waals surface area contributed by atoms with Gasteiger partial charge in [0.05, 0.1) is 6.61 Å². The average Bonchev–Trinajstić information content (AvgIpc) is 2.68. The molecule has 0 amide bonds. The first-order valence-electron chi connectivity index (χ1n) is 9.44. The van der Waals surface area contributed by atoms with E-state index in [0.717, 1.165) is 35.4 Å². The quantitative estimate of drug-likeness (QED) is 0.169. The van der Waals surface area contributed by atoms with Gasteiger partial charge in [-0.3, -0.25) is 0 Å². The van der Waals surface area contributed by atoms with Crippen LogP contribution >= 0.6 is 0 Å². The molecule has 0 saturated heterocycles. The largest absolute Gasteiger partial charge is 0.513 e. The van der Waals surface area contributed by atoms with Crippen molar-refractivity contribution in [1.29, 1.82) is 0 Å². The van der Waals surface area contributed by atoms with Gasteiger partial charge in [-0.2, -0.15) is 0 Å². The van der Waals surface area contributed by atoms with Crippen molar-refractivity contribution in [3.05, 3.63) is 66.7 Å². The summed E-state index contributed by atoms with van der Waals surface area (Å²) in [5.41, 5.74) is 0. The Morgan fingerprint density at radius 1 is 0.778 bits per heavy atom. The zero-order chi connectivity index (χ0) is 18.6. The van der Waals surface area contributed by atoms with Crippen LogP contribution in [0.1, 0.15) is 26.2 Å². The highest BCUT2D eigenvalue weighted by Gasteiger charge is 2.10. The average molecular weight is 358 g/mol. The van der Waals surface area contributed by atoms with Crippen LogP contribution in [-0.4, -0.2) is 12.8 Å². The first-order valence-corrected chi connectivity index (χ1v) is 9.44. The molecule has 0 fully saturated rings. The van der Waals surface area contributed by atoms with Crippen LogP contribution in [0, 0.1) is 0 Å².